The summed E-state index contributed by atoms with van der Waals surface area (Å²) < 4.78 is 13.6. The van der Waals surface area contributed by atoms with Gasteiger partial charge in [0.1, 0.15) is 11.6 Å². The van der Waals surface area contributed by atoms with Gasteiger partial charge in [-0.2, -0.15) is 0 Å². The van der Waals surface area contributed by atoms with E-state index in [1.807, 2.05) is 0 Å². The van der Waals surface area contributed by atoms with E-state index in [1.54, 1.807) is 12.1 Å². The molecule has 104 valence electrons. The first kappa shape index (κ1) is 14.1. The molecular formula is C14H12ClFN2O2. The van der Waals surface area contributed by atoms with E-state index in [-0.39, 0.29) is 22.0 Å². The zero-order valence-corrected chi connectivity index (χ0v) is 11.1. The monoisotopic (exact) mass is 294 g/mol. The lowest BCUT2D eigenvalue weighted by molar-refractivity contribution is 0.100. The van der Waals surface area contributed by atoms with Crippen molar-refractivity contribution in [2.45, 2.75) is 6.54 Å². The molecule has 0 aliphatic rings. The number of amides is 1. The number of carbonyl (C=O) groups is 1. The molecule has 0 bridgehead atoms. The van der Waals surface area contributed by atoms with Gasteiger partial charge in [-0.15, -0.1) is 0 Å². The van der Waals surface area contributed by atoms with Crippen LogP contribution in [0.5, 0.6) is 5.75 Å². The Morgan fingerprint density at radius 2 is 2.05 bits per heavy atom. The Balaban J connectivity index is 2.15. The van der Waals surface area contributed by atoms with Gasteiger partial charge in [-0.25, -0.2) is 4.39 Å². The lowest BCUT2D eigenvalue weighted by Crippen LogP contribution is -2.12. The maximum atomic E-state index is 13.6. The van der Waals surface area contributed by atoms with E-state index in [0.29, 0.717) is 6.54 Å². The molecule has 0 spiro atoms. The molecule has 0 fully saturated rings. The van der Waals surface area contributed by atoms with Gasteiger partial charge < -0.3 is 16.2 Å². The van der Waals surface area contributed by atoms with Gasteiger partial charge in [-0.1, -0.05) is 17.7 Å². The number of aromatic hydroxyl groups is 1. The number of hydrogen-bond acceptors (Lipinski definition) is 3. The minimum atomic E-state index is -0.624. The summed E-state index contributed by atoms with van der Waals surface area (Å²) in [6.45, 7) is 0.291. The average Bonchev–Trinajstić information content (AvgIpc) is 2.41. The SMILES string of the molecule is NC(=O)c1ccc(F)c(NCc2ccc(O)c(Cl)c2)c1. The lowest BCUT2D eigenvalue weighted by atomic mass is 10.1. The fourth-order valence-electron chi connectivity index (χ4n) is 1.67. The molecule has 0 saturated carbocycles. The molecule has 0 aromatic heterocycles. The van der Waals surface area contributed by atoms with Crippen molar-refractivity contribution in [2.24, 2.45) is 5.73 Å². The molecule has 0 unspecified atom stereocenters. The van der Waals surface area contributed by atoms with Crippen molar-refractivity contribution in [2.75, 3.05) is 5.32 Å². The highest BCUT2D eigenvalue weighted by Crippen LogP contribution is 2.24. The molecule has 0 aliphatic carbocycles. The summed E-state index contributed by atoms with van der Waals surface area (Å²) in [6, 6.07) is 8.52. The highest BCUT2D eigenvalue weighted by molar-refractivity contribution is 6.32. The lowest BCUT2D eigenvalue weighted by Gasteiger charge is -2.09. The van der Waals surface area contributed by atoms with Crippen LogP contribution >= 0.6 is 11.6 Å². The third-order valence-electron chi connectivity index (χ3n) is 2.75. The quantitative estimate of drug-likeness (QED) is 0.811. The average molecular weight is 295 g/mol. The van der Waals surface area contributed by atoms with Crippen LogP contribution in [0, 0.1) is 5.82 Å². The molecule has 4 nitrogen and oxygen atoms in total. The number of rotatable bonds is 4. The summed E-state index contributed by atoms with van der Waals surface area (Å²) >= 11 is 5.78. The molecule has 6 heteroatoms. The minimum absolute atomic E-state index is 0.0164. The van der Waals surface area contributed by atoms with Crippen LogP contribution < -0.4 is 11.1 Å². The summed E-state index contributed by atoms with van der Waals surface area (Å²) in [5, 5.41) is 12.4. The van der Waals surface area contributed by atoms with Gasteiger partial charge in [0.05, 0.1) is 10.7 Å². The Bertz CT molecular complexity index is 662. The largest absolute Gasteiger partial charge is 0.506 e. The number of phenols is 1. The molecular weight excluding hydrogens is 283 g/mol. The van der Waals surface area contributed by atoms with Crippen LogP contribution in [0.1, 0.15) is 15.9 Å². The van der Waals surface area contributed by atoms with E-state index in [1.165, 1.54) is 24.3 Å². The van der Waals surface area contributed by atoms with Crippen molar-refractivity contribution in [1.29, 1.82) is 0 Å². The topological polar surface area (TPSA) is 75.4 Å². The predicted molar refractivity (Wildman–Crippen MR) is 75.4 cm³/mol. The van der Waals surface area contributed by atoms with Crippen molar-refractivity contribution in [1.82, 2.24) is 0 Å². The van der Waals surface area contributed by atoms with Crippen molar-refractivity contribution in [3.63, 3.8) is 0 Å². The van der Waals surface area contributed by atoms with E-state index < -0.39 is 11.7 Å². The van der Waals surface area contributed by atoms with Crippen LogP contribution in [0.15, 0.2) is 36.4 Å². The molecule has 0 aliphatic heterocycles. The molecule has 0 heterocycles. The molecule has 0 radical (unpaired) electrons. The standard InChI is InChI=1S/C14H12ClFN2O2/c15-10-5-8(1-4-13(10)19)7-18-12-6-9(14(17)20)2-3-11(12)16/h1-6,18-19H,7H2,(H2,17,20). The van der Waals surface area contributed by atoms with Crippen molar-refractivity contribution >= 4 is 23.2 Å². The Hall–Kier alpha value is -2.27. The van der Waals surface area contributed by atoms with Crippen LogP contribution in [0.3, 0.4) is 0 Å². The minimum Gasteiger partial charge on any atom is -0.506 e. The van der Waals surface area contributed by atoms with Crippen LogP contribution in [0.25, 0.3) is 0 Å². The molecule has 0 atom stereocenters. The molecule has 1 amide bonds. The number of hydrogen-bond donors (Lipinski definition) is 3. The first-order valence-corrected chi connectivity index (χ1v) is 6.16. The number of nitrogens with two attached hydrogens (primary N) is 1. The predicted octanol–water partition coefficient (Wildman–Crippen LogP) is 2.90. The molecule has 20 heavy (non-hydrogen) atoms. The zero-order chi connectivity index (χ0) is 14.7. The summed E-state index contributed by atoms with van der Waals surface area (Å²) in [6.07, 6.45) is 0. The van der Waals surface area contributed by atoms with Crippen LogP contribution in [0.4, 0.5) is 10.1 Å². The summed E-state index contributed by atoms with van der Waals surface area (Å²) in [7, 11) is 0. The normalized spacial score (nSPS) is 10.3. The van der Waals surface area contributed by atoms with E-state index in [4.69, 9.17) is 17.3 Å². The summed E-state index contributed by atoms with van der Waals surface area (Å²) in [4.78, 5) is 11.0. The second-order valence-electron chi connectivity index (χ2n) is 4.20. The highest BCUT2D eigenvalue weighted by atomic mass is 35.5. The van der Waals surface area contributed by atoms with Crippen molar-refractivity contribution in [3.05, 3.63) is 58.4 Å². The second-order valence-corrected chi connectivity index (χ2v) is 4.61. The van der Waals surface area contributed by atoms with Gasteiger partial charge in [0.15, 0.2) is 0 Å². The van der Waals surface area contributed by atoms with Gasteiger partial charge in [-0.3, -0.25) is 4.79 Å². The number of anilines is 1. The molecule has 2 aromatic carbocycles. The Morgan fingerprint density at radius 3 is 2.70 bits per heavy atom. The first-order valence-electron chi connectivity index (χ1n) is 5.78. The third-order valence-corrected chi connectivity index (χ3v) is 3.05. The van der Waals surface area contributed by atoms with Crippen molar-refractivity contribution < 1.29 is 14.3 Å². The zero-order valence-electron chi connectivity index (χ0n) is 10.4. The maximum Gasteiger partial charge on any atom is 0.248 e. The number of halogens is 2. The molecule has 2 rings (SSSR count). The smallest absolute Gasteiger partial charge is 0.248 e. The number of nitrogens with one attached hydrogen (secondary N) is 1. The van der Waals surface area contributed by atoms with Gasteiger partial charge in [-0.05, 0) is 35.9 Å². The molecule has 2 aromatic rings. The van der Waals surface area contributed by atoms with E-state index in [2.05, 4.69) is 5.32 Å². The maximum absolute atomic E-state index is 13.6. The van der Waals surface area contributed by atoms with Gasteiger partial charge in [0, 0.05) is 12.1 Å². The highest BCUT2D eigenvalue weighted by Gasteiger charge is 2.07. The van der Waals surface area contributed by atoms with Gasteiger partial charge >= 0.3 is 0 Å². The molecule has 4 N–H and O–H groups in total. The third kappa shape index (κ3) is 3.19. The van der Waals surface area contributed by atoms with E-state index >= 15 is 0 Å². The summed E-state index contributed by atoms with van der Waals surface area (Å²) in [5.41, 5.74) is 6.29. The number of carbonyl (C=O) groups excluding carboxylic acids is 1. The van der Waals surface area contributed by atoms with Crippen LogP contribution in [-0.2, 0) is 6.54 Å². The van der Waals surface area contributed by atoms with Gasteiger partial charge in [0.2, 0.25) is 5.91 Å². The Labute approximate surface area is 120 Å². The first-order chi connectivity index (χ1) is 9.47. The summed E-state index contributed by atoms with van der Waals surface area (Å²) in [5.74, 6) is -1.13. The molecule has 0 saturated heterocycles. The van der Waals surface area contributed by atoms with Gasteiger partial charge in [0.25, 0.3) is 0 Å². The van der Waals surface area contributed by atoms with E-state index in [9.17, 15) is 14.3 Å². The van der Waals surface area contributed by atoms with Crippen molar-refractivity contribution in [3.8, 4) is 5.75 Å². The fraction of sp³-hybridized carbons (Fsp3) is 0.0714. The number of primary amides is 1. The second kappa shape index (κ2) is 5.79. The van der Waals surface area contributed by atoms with Crippen LogP contribution in [-0.4, -0.2) is 11.0 Å². The van der Waals surface area contributed by atoms with Crippen LogP contribution in [0.2, 0.25) is 5.02 Å². The Kier molecular flexibility index (Phi) is 4.10. The number of benzene rings is 2. The van der Waals surface area contributed by atoms with E-state index in [0.717, 1.165) is 5.56 Å². The Morgan fingerprint density at radius 1 is 1.30 bits per heavy atom. The fourth-order valence-corrected chi connectivity index (χ4v) is 1.87. The number of phenolic OH excluding ortho intramolecular Hbond substituents is 1.